The summed E-state index contributed by atoms with van der Waals surface area (Å²) < 4.78 is 85.3. The van der Waals surface area contributed by atoms with Gasteiger partial charge in [-0.3, -0.25) is 4.18 Å². The molecule has 5 aliphatic heterocycles. The molecule has 0 bridgehead atoms. The Labute approximate surface area is 544 Å². The maximum atomic E-state index is 12.0. The van der Waals surface area contributed by atoms with Crippen molar-refractivity contribution in [2.75, 3.05) is 76.7 Å². The maximum Gasteiger partial charge on any atom is 0.296 e. The van der Waals surface area contributed by atoms with Crippen LogP contribution in [0.1, 0.15) is 113 Å². The van der Waals surface area contributed by atoms with Crippen molar-refractivity contribution in [2.45, 2.75) is 185 Å². The summed E-state index contributed by atoms with van der Waals surface area (Å²) in [6.07, 6.45) is 4.99. The standard InChI is InChI=1S/C25H28O2P.C14H20O5S.C7H13IO2.2C7H14O3.C4H10O3.HI/c1-25(2)26-20-21(27-25)18-19-28(22-12-6-3-7-13-22,23-14-8-4-9-15-23)24-16-10-5-11-17-24;1-11-4-6-13(7-5-11)20(15,16)18-9-8-12-10-17-14(2,3)19-12;1-7(2)9-5-6(10-7)3-4-8;1-7(2)9-4-3-6(5-8)10-7;1-7(2)9-5-6(10-7)3-4-8;5-2-1-4(7)3-6;/h3-17,21H,18-20H2,1-2H3;4-7,12H,8-10H2,1-3H3;6H,3-5H2,1-2H3;2*6,8H,3-5H2,1-2H3;4-7H,1-3H2;1H/q+1;;;;;;/p-1/t21-;12-;3*6-;4-;/m000000./s1. The molecule has 0 saturated carbocycles. The smallest absolute Gasteiger partial charge is 0.296 e. The number of alkyl halides is 1. The number of rotatable bonds is 19. The Hall–Kier alpha value is -1.92. The van der Waals surface area contributed by atoms with Gasteiger partial charge in [0, 0.05) is 30.5 Å². The van der Waals surface area contributed by atoms with Crippen LogP contribution in [0.25, 0.3) is 0 Å². The van der Waals surface area contributed by atoms with Crippen LogP contribution >= 0.6 is 29.9 Å². The van der Waals surface area contributed by atoms with E-state index < -0.39 is 46.6 Å². The molecule has 0 aliphatic carbocycles. The number of aryl methyl sites for hydroxylation is 1. The molecule has 4 aromatic rings. The van der Waals surface area contributed by atoms with Crippen LogP contribution in [-0.2, 0) is 61.7 Å². The molecule has 5 N–H and O–H groups in total. The molecular formula is C64H99I2O18PS. The molecule has 22 heteroatoms. The van der Waals surface area contributed by atoms with Crippen molar-refractivity contribution in [1.82, 2.24) is 0 Å². The Bertz CT molecular complexity index is 2430. The van der Waals surface area contributed by atoms with Crippen molar-refractivity contribution in [3.05, 3.63) is 121 Å². The molecule has 0 spiro atoms. The van der Waals surface area contributed by atoms with Crippen LogP contribution in [0.5, 0.6) is 0 Å². The highest BCUT2D eigenvalue weighted by Crippen LogP contribution is 2.56. The molecule has 0 aromatic heterocycles. The van der Waals surface area contributed by atoms with Gasteiger partial charge in [-0.1, -0.05) is 94.9 Å². The molecule has 0 amide bonds. The second-order valence-corrected chi connectivity index (χ2v) is 29.6. The Morgan fingerprint density at radius 2 is 0.919 bits per heavy atom. The number of hydrogen-bond donors (Lipinski definition) is 5. The second-order valence-electron chi connectivity index (χ2n) is 23.3. The summed E-state index contributed by atoms with van der Waals surface area (Å²) in [4.78, 5) is 0.173. The van der Waals surface area contributed by atoms with Crippen molar-refractivity contribution in [1.29, 1.82) is 0 Å². The van der Waals surface area contributed by atoms with Gasteiger partial charge in [0.1, 0.15) is 23.2 Å². The van der Waals surface area contributed by atoms with Gasteiger partial charge >= 0.3 is 0 Å². The molecule has 0 unspecified atom stereocenters. The van der Waals surface area contributed by atoms with E-state index in [1.807, 2.05) is 76.2 Å². The molecule has 5 fully saturated rings. The highest BCUT2D eigenvalue weighted by atomic mass is 127. The van der Waals surface area contributed by atoms with E-state index >= 15 is 0 Å². The minimum Gasteiger partial charge on any atom is -1.00 e. The van der Waals surface area contributed by atoms with Crippen LogP contribution < -0.4 is 39.9 Å². The minimum absolute atomic E-state index is 0. The van der Waals surface area contributed by atoms with Gasteiger partial charge in [0.05, 0.1) is 101 Å². The first kappa shape index (κ1) is 78.3. The summed E-state index contributed by atoms with van der Waals surface area (Å²) >= 11 is 2.35. The van der Waals surface area contributed by atoms with Gasteiger partial charge in [-0.05, 0) is 150 Å². The van der Waals surface area contributed by atoms with E-state index in [0.717, 1.165) is 42.0 Å². The van der Waals surface area contributed by atoms with Gasteiger partial charge in [-0.2, -0.15) is 8.42 Å². The minimum atomic E-state index is -3.69. The first-order valence-corrected chi connectivity index (χ1v) is 34.3. The zero-order valence-electron chi connectivity index (χ0n) is 52.3. The Balaban J connectivity index is 0.000000291. The molecular weight excluding hydrogens is 1370 g/mol. The summed E-state index contributed by atoms with van der Waals surface area (Å²) in [6, 6.07) is 39.6. The molecule has 5 aliphatic rings. The molecule has 6 atom stereocenters. The number of aliphatic hydroxyl groups excluding tert-OH is 5. The summed E-state index contributed by atoms with van der Waals surface area (Å²) in [7, 11) is -5.48. The van der Waals surface area contributed by atoms with E-state index in [2.05, 4.69) is 114 Å². The lowest BCUT2D eigenvalue weighted by atomic mass is 10.2. The van der Waals surface area contributed by atoms with E-state index in [-0.39, 0.29) is 98.5 Å². The largest absolute Gasteiger partial charge is 1.00 e. The van der Waals surface area contributed by atoms with E-state index in [1.54, 1.807) is 24.3 Å². The summed E-state index contributed by atoms with van der Waals surface area (Å²) in [5, 5.41) is 46.2. The highest BCUT2D eigenvalue weighted by molar-refractivity contribution is 14.1. The third kappa shape index (κ3) is 28.3. The lowest BCUT2D eigenvalue weighted by Gasteiger charge is -2.35. The van der Waals surface area contributed by atoms with Crippen LogP contribution in [0.4, 0.5) is 0 Å². The summed E-state index contributed by atoms with van der Waals surface area (Å²) in [5.74, 6) is -2.36. The molecule has 4 aromatic carbocycles. The van der Waals surface area contributed by atoms with Crippen LogP contribution in [0.15, 0.2) is 120 Å². The third-order valence-electron chi connectivity index (χ3n) is 13.7. The fraction of sp³-hybridized carbons (Fsp3) is 0.625. The predicted octanol–water partition coefficient (Wildman–Crippen LogP) is 5.49. The zero-order valence-corrected chi connectivity index (χ0v) is 58.3. The molecule has 488 valence electrons. The average Bonchev–Trinajstić information content (AvgIpc) is 2.08. The van der Waals surface area contributed by atoms with Crippen molar-refractivity contribution < 1.29 is 109 Å². The number of aliphatic hydroxyl groups is 5. The van der Waals surface area contributed by atoms with Crippen molar-refractivity contribution in [3.63, 3.8) is 0 Å². The lowest BCUT2D eigenvalue weighted by molar-refractivity contribution is -0.277. The first-order valence-electron chi connectivity index (χ1n) is 29.4. The fourth-order valence-electron chi connectivity index (χ4n) is 9.47. The van der Waals surface area contributed by atoms with Crippen LogP contribution in [0.3, 0.4) is 0 Å². The summed E-state index contributed by atoms with van der Waals surface area (Å²) in [6.45, 7) is 24.1. The van der Waals surface area contributed by atoms with Gasteiger partial charge in [0.25, 0.3) is 10.1 Å². The van der Waals surface area contributed by atoms with E-state index in [9.17, 15) is 8.42 Å². The molecule has 9 rings (SSSR count). The van der Waals surface area contributed by atoms with Crippen LogP contribution in [0, 0.1) is 6.92 Å². The van der Waals surface area contributed by atoms with E-state index in [1.165, 1.54) is 15.9 Å². The van der Waals surface area contributed by atoms with Crippen molar-refractivity contribution >= 4 is 55.9 Å². The Kier molecular flexibility index (Phi) is 34.8. The predicted molar refractivity (Wildman–Crippen MR) is 340 cm³/mol. The number of halogens is 2. The lowest BCUT2D eigenvalue weighted by Crippen LogP contribution is -3.00. The average molecular weight is 1470 g/mol. The fourth-order valence-corrected chi connectivity index (χ4v) is 15.5. The molecule has 18 nitrogen and oxygen atoms in total. The van der Waals surface area contributed by atoms with Crippen LogP contribution in [0.2, 0.25) is 0 Å². The zero-order chi connectivity index (χ0) is 62.8. The molecule has 0 radical (unpaired) electrons. The van der Waals surface area contributed by atoms with E-state index in [0.29, 0.717) is 45.4 Å². The number of benzene rings is 4. The van der Waals surface area contributed by atoms with Gasteiger partial charge < -0.3 is 96.9 Å². The summed E-state index contributed by atoms with van der Waals surface area (Å²) in [5.41, 5.74) is 1.00. The molecule has 5 heterocycles. The monoisotopic (exact) mass is 1470 g/mol. The Morgan fingerprint density at radius 3 is 1.24 bits per heavy atom. The third-order valence-corrected chi connectivity index (χ3v) is 20.2. The van der Waals surface area contributed by atoms with Gasteiger partial charge in [0.15, 0.2) is 28.9 Å². The van der Waals surface area contributed by atoms with Crippen LogP contribution in [-0.4, -0.2) is 176 Å². The van der Waals surface area contributed by atoms with Gasteiger partial charge in [-0.15, -0.1) is 0 Å². The van der Waals surface area contributed by atoms with Gasteiger partial charge in [0.2, 0.25) is 0 Å². The normalized spacial score (nSPS) is 23.3. The highest BCUT2D eigenvalue weighted by Gasteiger charge is 2.46. The van der Waals surface area contributed by atoms with Crippen molar-refractivity contribution in [2.24, 2.45) is 0 Å². The Morgan fingerprint density at radius 1 is 0.535 bits per heavy atom. The van der Waals surface area contributed by atoms with Crippen molar-refractivity contribution in [3.8, 4) is 0 Å². The maximum absolute atomic E-state index is 12.0. The second kappa shape index (κ2) is 38.2. The van der Waals surface area contributed by atoms with Gasteiger partial charge in [-0.25, -0.2) is 0 Å². The number of ether oxygens (including phenoxy) is 10. The SMILES string of the molecule is CC1(C)OCC[C@@H](CO)O1.CC1(C)OC[C@H](CCI)O1.CC1(C)OC[C@H](CCO)O1.CC1(C)OC[C@H](CC[P+](c2ccccc2)(c2ccccc2)c2ccccc2)O1.Cc1ccc(S(=O)(=O)OCC[C@H]2COC(C)(C)O2)cc1.OCC[C@H](O)CO.[I-]. The molecule has 86 heavy (non-hydrogen) atoms. The number of hydrogen-bond acceptors (Lipinski definition) is 18. The topological polar surface area (TPSA) is 237 Å². The molecule has 5 saturated heterocycles. The van der Waals surface area contributed by atoms with E-state index in [4.69, 9.17) is 77.1 Å². The first-order chi connectivity index (χ1) is 40.1. The quantitative estimate of drug-likeness (QED) is 0.0338.